The third kappa shape index (κ3) is 5.76. The molecule has 0 aliphatic heterocycles. The molecule has 0 saturated carbocycles. The van der Waals surface area contributed by atoms with Gasteiger partial charge in [0, 0.05) is 20.1 Å². The van der Waals surface area contributed by atoms with Gasteiger partial charge in [-0.3, -0.25) is 9.79 Å². The molecular formula is C17H27N3O2. The summed E-state index contributed by atoms with van der Waals surface area (Å²) >= 11 is 0. The Bertz CT molecular complexity index is 497. The van der Waals surface area contributed by atoms with E-state index in [1.807, 2.05) is 6.92 Å². The van der Waals surface area contributed by atoms with Crippen LogP contribution in [-0.4, -0.2) is 39.2 Å². The van der Waals surface area contributed by atoms with Crippen LogP contribution in [0, 0.1) is 12.8 Å². The molecule has 0 saturated heterocycles. The molecule has 0 spiro atoms. The summed E-state index contributed by atoms with van der Waals surface area (Å²) in [6.07, 6.45) is 0. The fraction of sp³-hybridized carbons (Fsp3) is 0.529. The van der Waals surface area contributed by atoms with Crippen molar-refractivity contribution in [2.24, 2.45) is 10.9 Å². The summed E-state index contributed by atoms with van der Waals surface area (Å²) in [4.78, 5) is 15.5. The van der Waals surface area contributed by atoms with Crippen molar-refractivity contribution in [2.75, 3.05) is 27.2 Å². The molecule has 0 aromatic heterocycles. The van der Waals surface area contributed by atoms with Crippen LogP contribution in [0.15, 0.2) is 29.3 Å². The maximum absolute atomic E-state index is 11.4. The molecule has 22 heavy (non-hydrogen) atoms. The van der Waals surface area contributed by atoms with Crippen LogP contribution in [0.4, 0.5) is 0 Å². The summed E-state index contributed by atoms with van der Waals surface area (Å²) in [5, 5.41) is 6.42. The SMILES string of the molecule is CN=C(NCC(C)C(=O)OC)NCC(C)c1ccc(C)cc1. The number of hydrogen-bond donors (Lipinski definition) is 2. The maximum atomic E-state index is 11.4. The molecule has 0 bridgehead atoms. The quantitative estimate of drug-likeness (QED) is 0.480. The average Bonchev–Trinajstić information content (AvgIpc) is 2.54. The van der Waals surface area contributed by atoms with E-state index in [-0.39, 0.29) is 11.9 Å². The molecule has 1 aromatic rings. The molecule has 0 aliphatic carbocycles. The molecule has 0 fully saturated rings. The zero-order chi connectivity index (χ0) is 16.5. The Morgan fingerprint density at radius 1 is 1.18 bits per heavy atom. The van der Waals surface area contributed by atoms with Crippen LogP contribution in [0.5, 0.6) is 0 Å². The molecular weight excluding hydrogens is 278 g/mol. The van der Waals surface area contributed by atoms with Gasteiger partial charge in [-0.25, -0.2) is 0 Å². The Kier molecular flexibility index (Phi) is 7.43. The molecule has 0 radical (unpaired) electrons. The highest BCUT2D eigenvalue weighted by Gasteiger charge is 2.13. The number of guanidine groups is 1. The summed E-state index contributed by atoms with van der Waals surface area (Å²) in [5.41, 5.74) is 2.55. The predicted molar refractivity (Wildman–Crippen MR) is 90.1 cm³/mol. The van der Waals surface area contributed by atoms with Crippen LogP contribution in [0.1, 0.15) is 30.9 Å². The first-order chi connectivity index (χ1) is 10.5. The van der Waals surface area contributed by atoms with Crippen molar-refractivity contribution in [1.82, 2.24) is 10.6 Å². The predicted octanol–water partition coefficient (Wildman–Crippen LogP) is 2.07. The molecule has 122 valence electrons. The van der Waals surface area contributed by atoms with Gasteiger partial charge in [0.15, 0.2) is 5.96 Å². The summed E-state index contributed by atoms with van der Waals surface area (Å²) in [6.45, 7) is 7.34. The topological polar surface area (TPSA) is 62.7 Å². The molecule has 0 amide bonds. The molecule has 0 aliphatic rings. The van der Waals surface area contributed by atoms with Gasteiger partial charge in [-0.1, -0.05) is 43.7 Å². The Morgan fingerprint density at radius 2 is 1.77 bits per heavy atom. The summed E-state index contributed by atoms with van der Waals surface area (Å²) in [5.74, 6) is 0.626. The van der Waals surface area contributed by atoms with E-state index in [1.54, 1.807) is 7.05 Å². The Balaban J connectivity index is 2.43. The number of nitrogens with zero attached hydrogens (tertiary/aromatic N) is 1. The van der Waals surface area contributed by atoms with Crippen molar-refractivity contribution in [2.45, 2.75) is 26.7 Å². The van der Waals surface area contributed by atoms with E-state index in [0.717, 1.165) is 6.54 Å². The van der Waals surface area contributed by atoms with Crippen molar-refractivity contribution in [3.8, 4) is 0 Å². The minimum absolute atomic E-state index is 0.210. The van der Waals surface area contributed by atoms with Crippen LogP contribution >= 0.6 is 0 Å². The minimum Gasteiger partial charge on any atom is -0.469 e. The van der Waals surface area contributed by atoms with Crippen LogP contribution in [0.25, 0.3) is 0 Å². The highest BCUT2D eigenvalue weighted by Crippen LogP contribution is 2.14. The van der Waals surface area contributed by atoms with Gasteiger partial charge >= 0.3 is 5.97 Å². The number of carbonyl (C=O) groups excluding carboxylic acids is 1. The number of hydrogen-bond acceptors (Lipinski definition) is 3. The summed E-state index contributed by atoms with van der Waals surface area (Å²) < 4.78 is 4.70. The highest BCUT2D eigenvalue weighted by atomic mass is 16.5. The number of benzene rings is 1. The summed E-state index contributed by atoms with van der Waals surface area (Å²) in [6, 6.07) is 8.54. The number of esters is 1. The second kappa shape index (κ2) is 9.07. The van der Waals surface area contributed by atoms with Crippen molar-refractivity contribution in [1.29, 1.82) is 0 Å². The number of ether oxygens (including phenoxy) is 1. The molecule has 2 atom stereocenters. The first-order valence-corrected chi connectivity index (χ1v) is 7.56. The normalized spacial score (nSPS) is 14.1. The molecule has 2 unspecified atom stereocenters. The fourth-order valence-electron chi connectivity index (χ4n) is 2.02. The van der Waals surface area contributed by atoms with Crippen molar-refractivity contribution in [3.63, 3.8) is 0 Å². The van der Waals surface area contributed by atoms with Crippen molar-refractivity contribution >= 4 is 11.9 Å². The van der Waals surface area contributed by atoms with Gasteiger partial charge in [0.2, 0.25) is 0 Å². The van der Waals surface area contributed by atoms with E-state index >= 15 is 0 Å². The lowest BCUT2D eigenvalue weighted by Gasteiger charge is -2.18. The molecule has 0 heterocycles. The van der Waals surface area contributed by atoms with Gasteiger partial charge in [0.25, 0.3) is 0 Å². The van der Waals surface area contributed by atoms with Gasteiger partial charge in [0.05, 0.1) is 13.0 Å². The van der Waals surface area contributed by atoms with Crippen LogP contribution in [-0.2, 0) is 9.53 Å². The van der Waals surface area contributed by atoms with Crippen LogP contribution in [0.3, 0.4) is 0 Å². The van der Waals surface area contributed by atoms with Crippen LogP contribution < -0.4 is 10.6 Å². The largest absolute Gasteiger partial charge is 0.469 e. The zero-order valence-electron chi connectivity index (χ0n) is 14.1. The Labute approximate surface area is 133 Å². The standard InChI is InChI=1S/C17H27N3O2/c1-12-6-8-15(9-7-12)13(2)10-19-17(18-4)20-11-14(3)16(21)22-5/h6-9,13-14H,10-11H2,1-5H3,(H2,18,19,20). The van der Waals surface area contributed by atoms with Gasteiger partial charge in [0.1, 0.15) is 0 Å². The molecule has 5 heteroatoms. The summed E-state index contributed by atoms with van der Waals surface area (Å²) in [7, 11) is 3.11. The second-order valence-corrected chi connectivity index (χ2v) is 5.57. The fourth-order valence-corrected chi connectivity index (χ4v) is 2.02. The van der Waals surface area contributed by atoms with E-state index in [9.17, 15) is 4.79 Å². The van der Waals surface area contributed by atoms with E-state index in [1.165, 1.54) is 18.2 Å². The second-order valence-electron chi connectivity index (χ2n) is 5.57. The zero-order valence-corrected chi connectivity index (χ0v) is 14.1. The number of nitrogens with one attached hydrogen (secondary N) is 2. The van der Waals surface area contributed by atoms with Gasteiger partial charge < -0.3 is 15.4 Å². The van der Waals surface area contributed by atoms with Gasteiger partial charge in [-0.05, 0) is 18.4 Å². The van der Waals surface area contributed by atoms with Crippen molar-refractivity contribution in [3.05, 3.63) is 35.4 Å². The molecule has 1 rings (SSSR count). The number of carbonyl (C=O) groups is 1. The van der Waals surface area contributed by atoms with Gasteiger partial charge in [-0.2, -0.15) is 0 Å². The smallest absolute Gasteiger partial charge is 0.310 e. The third-order valence-corrected chi connectivity index (χ3v) is 3.62. The number of aliphatic imine (C=N–C) groups is 1. The lowest BCUT2D eigenvalue weighted by atomic mass is 10.0. The highest BCUT2D eigenvalue weighted by molar-refractivity contribution is 5.80. The number of rotatable bonds is 6. The molecule has 2 N–H and O–H groups in total. The van der Waals surface area contributed by atoms with Crippen LogP contribution in [0.2, 0.25) is 0 Å². The Morgan fingerprint density at radius 3 is 2.32 bits per heavy atom. The third-order valence-electron chi connectivity index (χ3n) is 3.62. The lowest BCUT2D eigenvalue weighted by molar-refractivity contribution is -0.144. The first kappa shape index (κ1) is 18.0. The van der Waals surface area contributed by atoms with E-state index in [2.05, 4.69) is 53.7 Å². The molecule has 1 aromatic carbocycles. The average molecular weight is 305 g/mol. The van der Waals surface area contributed by atoms with E-state index < -0.39 is 0 Å². The Hall–Kier alpha value is -2.04. The van der Waals surface area contributed by atoms with Crippen molar-refractivity contribution < 1.29 is 9.53 Å². The maximum Gasteiger partial charge on any atom is 0.310 e. The number of methoxy groups -OCH3 is 1. The monoisotopic (exact) mass is 305 g/mol. The van der Waals surface area contributed by atoms with E-state index in [0.29, 0.717) is 18.4 Å². The first-order valence-electron chi connectivity index (χ1n) is 7.56. The van der Waals surface area contributed by atoms with Gasteiger partial charge in [-0.15, -0.1) is 0 Å². The minimum atomic E-state index is -0.226. The van der Waals surface area contributed by atoms with E-state index in [4.69, 9.17) is 4.74 Å². The lowest BCUT2D eigenvalue weighted by Crippen LogP contribution is -2.42. The molecule has 5 nitrogen and oxygen atoms in total. The number of aryl methyl sites for hydroxylation is 1.